The predicted molar refractivity (Wildman–Crippen MR) is 156 cm³/mol. The molecule has 5 amide bonds. The number of hydrogen-bond donors (Lipinski definition) is 3. The lowest BCUT2D eigenvalue weighted by Gasteiger charge is -2.36. The molecule has 1 aromatic carbocycles. The Morgan fingerprint density at radius 3 is 2.27 bits per heavy atom. The molecule has 224 valence electrons. The van der Waals surface area contributed by atoms with Crippen molar-refractivity contribution in [3.05, 3.63) is 40.3 Å². The fourth-order valence-corrected chi connectivity index (χ4v) is 6.62. The van der Waals surface area contributed by atoms with Gasteiger partial charge in [0.15, 0.2) is 0 Å². The highest BCUT2D eigenvalue weighted by Gasteiger charge is 2.41. The highest BCUT2D eigenvalue weighted by molar-refractivity contribution is 7.88. The maximum absolute atomic E-state index is 13.7. The number of rotatable bonds is 7. The average Bonchev–Trinajstić information content (AvgIpc) is 3.26. The summed E-state index contributed by atoms with van der Waals surface area (Å²) in [5.41, 5.74) is 0.328. The molecule has 1 aromatic heterocycles. The Balaban J connectivity index is 2.06. The minimum absolute atomic E-state index is 0.109. The molecule has 1 saturated heterocycles. The minimum Gasteiger partial charge on any atom is -0.496 e. The summed E-state index contributed by atoms with van der Waals surface area (Å²) in [6, 6.07) is 3.17. The molecule has 1 fully saturated rings. The van der Waals surface area contributed by atoms with Gasteiger partial charge in [-0.1, -0.05) is 41.5 Å². The van der Waals surface area contributed by atoms with Crippen LogP contribution in [0.3, 0.4) is 0 Å². The van der Waals surface area contributed by atoms with Gasteiger partial charge in [0.05, 0.1) is 30.0 Å². The maximum atomic E-state index is 13.7. The van der Waals surface area contributed by atoms with Crippen molar-refractivity contribution in [3.8, 4) is 5.75 Å². The Hall–Kier alpha value is -3.65. The number of carbonyl (C=O) groups is 4. The fraction of sp³-hybridized carbons (Fsp3) is 0.481. The molecule has 3 N–H and O–H groups in total. The summed E-state index contributed by atoms with van der Waals surface area (Å²) >= 11 is 1.11. The van der Waals surface area contributed by atoms with Gasteiger partial charge < -0.3 is 15.2 Å². The van der Waals surface area contributed by atoms with Crippen molar-refractivity contribution in [2.24, 2.45) is 5.41 Å². The molecular weight excluding hydrogens is 572 g/mol. The van der Waals surface area contributed by atoms with Gasteiger partial charge >= 0.3 is 12.1 Å². The molecule has 41 heavy (non-hydrogen) atoms. The molecular formula is C27H36N4O8S2. The van der Waals surface area contributed by atoms with Gasteiger partial charge in [-0.2, -0.15) is 4.31 Å². The second-order valence-corrected chi connectivity index (χ2v) is 14.7. The van der Waals surface area contributed by atoms with Crippen molar-refractivity contribution in [2.45, 2.75) is 59.4 Å². The molecule has 1 unspecified atom stereocenters. The first-order valence-corrected chi connectivity index (χ1v) is 15.4. The number of amides is 5. The largest absolute Gasteiger partial charge is 0.496 e. The zero-order chi connectivity index (χ0) is 31.1. The van der Waals surface area contributed by atoms with Crippen molar-refractivity contribution in [3.63, 3.8) is 0 Å². The van der Waals surface area contributed by atoms with E-state index >= 15 is 0 Å². The van der Waals surface area contributed by atoms with E-state index in [1.807, 2.05) is 20.8 Å². The summed E-state index contributed by atoms with van der Waals surface area (Å²) in [5.74, 6) is -0.625. The highest BCUT2D eigenvalue weighted by Crippen LogP contribution is 2.43. The molecule has 0 aliphatic carbocycles. The number of nitrogens with one attached hydrogen (secondary N) is 2. The van der Waals surface area contributed by atoms with Crippen LogP contribution in [0.15, 0.2) is 23.6 Å². The summed E-state index contributed by atoms with van der Waals surface area (Å²) in [6.07, 6.45) is -0.666. The number of methoxy groups -OCH3 is 1. The topological polar surface area (TPSA) is 162 Å². The van der Waals surface area contributed by atoms with Crippen molar-refractivity contribution in [1.29, 1.82) is 0 Å². The second-order valence-electron chi connectivity index (χ2n) is 11.9. The number of hydrogen-bond acceptors (Lipinski definition) is 8. The molecule has 14 heteroatoms. The average molecular weight is 609 g/mol. The number of nitrogens with zero attached hydrogens (tertiary/aromatic N) is 2. The Labute approximate surface area is 243 Å². The quantitative estimate of drug-likeness (QED) is 0.404. The molecule has 1 aliphatic rings. The van der Waals surface area contributed by atoms with Gasteiger partial charge in [-0.3, -0.25) is 19.8 Å². The van der Waals surface area contributed by atoms with Crippen molar-refractivity contribution in [2.75, 3.05) is 30.1 Å². The van der Waals surface area contributed by atoms with Gasteiger partial charge in [-0.05, 0) is 40.0 Å². The van der Waals surface area contributed by atoms with Crippen LogP contribution in [0.1, 0.15) is 75.5 Å². The third-order valence-electron chi connectivity index (χ3n) is 6.47. The van der Waals surface area contributed by atoms with Crippen LogP contribution in [0.25, 0.3) is 0 Å². The number of imide groups is 1. The van der Waals surface area contributed by atoms with E-state index in [0.717, 1.165) is 17.6 Å². The molecule has 0 saturated carbocycles. The van der Waals surface area contributed by atoms with Crippen LogP contribution >= 0.6 is 11.3 Å². The molecule has 0 radical (unpaired) electrons. The number of urea groups is 1. The smallest absolute Gasteiger partial charge is 0.421 e. The minimum atomic E-state index is -4.13. The van der Waals surface area contributed by atoms with Gasteiger partial charge in [0.25, 0.3) is 5.91 Å². The van der Waals surface area contributed by atoms with E-state index in [1.54, 1.807) is 38.3 Å². The van der Waals surface area contributed by atoms with E-state index in [-0.39, 0.29) is 24.4 Å². The van der Waals surface area contributed by atoms with Crippen LogP contribution in [0, 0.1) is 5.41 Å². The molecule has 0 spiro atoms. The number of anilines is 2. The first-order valence-electron chi connectivity index (χ1n) is 12.7. The standard InChI is InChI=1S/C27H36N4O8S2/c1-26(2,3)18-13-16(30-10-9-19(32)28-24(30)34)12-17(21(18)39-7)23(33)29-20-11-15(14-40-20)22(27(4,5)6)31(25(35)36)41(8,37)38/h11-14,22H,9-10H2,1-8H3,(H,29,33)(H,35,36)(H,28,32,34). The summed E-state index contributed by atoms with van der Waals surface area (Å²) in [4.78, 5) is 51.3. The number of ether oxygens (including phenoxy) is 1. The van der Waals surface area contributed by atoms with Crippen LogP contribution in [-0.4, -0.2) is 61.7 Å². The molecule has 0 bridgehead atoms. The van der Waals surface area contributed by atoms with E-state index in [1.165, 1.54) is 18.1 Å². The molecule has 2 aromatic rings. The van der Waals surface area contributed by atoms with Crippen LogP contribution < -0.4 is 20.3 Å². The van der Waals surface area contributed by atoms with Gasteiger partial charge in [0.1, 0.15) is 5.75 Å². The molecule has 1 atom stereocenters. The van der Waals surface area contributed by atoms with Gasteiger partial charge in [0.2, 0.25) is 15.9 Å². The molecule has 2 heterocycles. The monoisotopic (exact) mass is 608 g/mol. The summed E-state index contributed by atoms with van der Waals surface area (Å²) < 4.78 is 30.9. The second kappa shape index (κ2) is 11.3. The summed E-state index contributed by atoms with van der Waals surface area (Å²) in [5, 5.41) is 16.8. The Kier molecular flexibility index (Phi) is 8.80. The fourth-order valence-electron chi connectivity index (χ4n) is 4.70. The number of thiophene rings is 1. The van der Waals surface area contributed by atoms with Crippen molar-refractivity contribution >= 4 is 56.0 Å². The number of carbonyl (C=O) groups excluding carboxylic acids is 3. The van der Waals surface area contributed by atoms with E-state index in [4.69, 9.17) is 4.74 Å². The lowest BCUT2D eigenvalue weighted by atomic mass is 9.83. The predicted octanol–water partition coefficient (Wildman–Crippen LogP) is 4.78. The number of sulfonamides is 1. The SMILES string of the molecule is COc1c(C(=O)Nc2cc(C(N(C(=O)O)S(C)(=O)=O)C(C)(C)C)cs2)cc(N2CCC(=O)NC2=O)cc1C(C)(C)C. The summed E-state index contributed by atoms with van der Waals surface area (Å²) in [7, 11) is -2.69. The van der Waals surface area contributed by atoms with Crippen LogP contribution in [-0.2, 0) is 20.2 Å². The Bertz CT molecular complexity index is 1490. The van der Waals surface area contributed by atoms with Crippen LogP contribution in [0.5, 0.6) is 5.75 Å². The third kappa shape index (κ3) is 6.99. The lowest BCUT2D eigenvalue weighted by Crippen LogP contribution is -2.49. The van der Waals surface area contributed by atoms with E-state index in [0.29, 0.717) is 31.9 Å². The van der Waals surface area contributed by atoms with E-state index in [9.17, 15) is 32.7 Å². The third-order valence-corrected chi connectivity index (χ3v) is 8.41. The lowest BCUT2D eigenvalue weighted by molar-refractivity contribution is -0.120. The summed E-state index contributed by atoms with van der Waals surface area (Å²) in [6.45, 7) is 11.1. The zero-order valence-electron chi connectivity index (χ0n) is 24.3. The molecule has 1 aliphatic heterocycles. The van der Waals surface area contributed by atoms with Crippen molar-refractivity contribution in [1.82, 2.24) is 9.62 Å². The molecule has 3 rings (SSSR count). The first-order chi connectivity index (χ1) is 18.8. The van der Waals surface area contributed by atoms with E-state index < -0.39 is 44.9 Å². The molecule has 12 nitrogen and oxygen atoms in total. The van der Waals surface area contributed by atoms with Gasteiger partial charge in [-0.15, -0.1) is 11.3 Å². The number of carboxylic acid groups (broad SMARTS) is 1. The first kappa shape index (κ1) is 31.9. The Morgan fingerprint density at radius 1 is 1.15 bits per heavy atom. The van der Waals surface area contributed by atoms with E-state index in [2.05, 4.69) is 10.6 Å². The number of benzene rings is 1. The van der Waals surface area contributed by atoms with Crippen LogP contribution in [0.2, 0.25) is 0 Å². The van der Waals surface area contributed by atoms with Gasteiger partial charge in [0, 0.05) is 24.2 Å². The van der Waals surface area contributed by atoms with Crippen LogP contribution in [0.4, 0.5) is 20.3 Å². The Morgan fingerprint density at radius 2 is 1.78 bits per heavy atom. The zero-order valence-corrected chi connectivity index (χ0v) is 25.9. The normalized spacial score (nSPS) is 15.3. The van der Waals surface area contributed by atoms with Crippen molar-refractivity contribution < 1.29 is 37.4 Å². The van der Waals surface area contributed by atoms with Gasteiger partial charge in [-0.25, -0.2) is 18.0 Å². The maximum Gasteiger partial charge on any atom is 0.421 e. The highest BCUT2D eigenvalue weighted by atomic mass is 32.2.